The van der Waals surface area contributed by atoms with Gasteiger partial charge in [0.2, 0.25) is 0 Å². The second-order valence-corrected chi connectivity index (χ2v) is 5.69. The molecule has 88 valence electrons. The highest BCUT2D eigenvalue weighted by Crippen LogP contribution is 2.36. The second kappa shape index (κ2) is 5.33. The molecular weight excluding hydrogens is 254 g/mol. The van der Waals surface area contributed by atoms with Crippen molar-refractivity contribution in [2.45, 2.75) is 16.5 Å². The van der Waals surface area contributed by atoms with Gasteiger partial charge in [-0.15, -0.1) is 11.3 Å². The first kappa shape index (κ1) is 12.1. The number of aryl methyl sites for hydroxylation is 1. The van der Waals surface area contributed by atoms with E-state index in [-0.39, 0.29) is 0 Å². The van der Waals surface area contributed by atoms with E-state index in [9.17, 15) is 9.90 Å². The average molecular weight is 264 g/mol. The monoisotopic (exact) mass is 264 g/mol. The van der Waals surface area contributed by atoms with Crippen LogP contribution < -0.4 is 5.11 Å². The summed E-state index contributed by atoms with van der Waals surface area (Å²) in [7, 11) is 0. The third-order valence-corrected chi connectivity index (χ3v) is 4.46. The normalized spacial score (nSPS) is 12.3. The maximum absolute atomic E-state index is 11.2. The molecule has 5 heteroatoms. The summed E-state index contributed by atoms with van der Waals surface area (Å²) in [4.78, 5) is 15.4. The lowest BCUT2D eigenvalue weighted by atomic mass is 10.1. The van der Waals surface area contributed by atoms with Crippen molar-refractivity contribution < 1.29 is 9.90 Å². The molecule has 0 amide bonds. The lowest BCUT2D eigenvalue weighted by Gasteiger charge is -2.16. The zero-order valence-electron chi connectivity index (χ0n) is 9.12. The number of thioether (sulfide) groups is 1. The highest BCUT2D eigenvalue weighted by molar-refractivity contribution is 8.01. The summed E-state index contributed by atoms with van der Waals surface area (Å²) in [5.41, 5.74) is 1.63. The summed E-state index contributed by atoms with van der Waals surface area (Å²) in [6.07, 6.45) is 0. The van der Waals surface area contributed by atoms with Gasteiger partial charge in [0.25, 0.3) is 0 Å². The van der Waals surface area contributed by atoms with Crippen LogP contribution in [-0.4, -0.2) is 11.0 Å². The van der Waals surface area contributed by atoms with Gasteiger partial charge in [0.05, 0.1) is 11.2 Å². The van der Waals surface area contributed by atoms with Gasteiger partial charge in [0, 0.05) is 11.1 Å². The predicted octanol–water partition coefficient (Wildman–Crippen LogP) is 2.03. The number of aromatic nitrogens is 1. The Morgan fingerprint density at radius 3 is 2.65 bits per heavy atom. The molecule has 2 aromatic rings. The number of aliphatic carboxylic acids is 1. The Bertz CT molecular complexity index is 510. The minimum atomic E-state index is -1.09. The Morgan fingerprint density at radius 2 is 2.12 bits per heavy atom. The lowest BCUT2D eigenvalue weighted by Crippen LogP contribution is -2.27. The first-order valence-corrected chi connectivity index (χ1v) is 6.77. The molecule has 0 saturated heterocycles. The minimum Gasteiger partial charge on any atom is -0.549 e. The fourth-order valence-electron chi connectivity index (χ4n) is 1.37. The highest BCUT2D eigenvalue weighted by Gasteiger charge is 2.15. The second-order valence-electron chi connectivity index (χ2n) is 3.48. The molecule has 0 spiro atoms. The molecule has 1 heterocycles. The van der Waals surface area contributed by atoms with Crippen molar-refractivity contribution in [3.8, 4) is 0 Å². The van der Waals surface area contributed by atoms with Crippen LogP contribution in [0.1, 0.15) is 16.5 Å². The Balaban J connectivity index is 2.22. The molecule has 0 aliphatic carbocycles. The van der Waals surface area contributed by atoms with Crippen LogP contribution in [0.4, 0.5) is 0 Å². The Morgan fingerprint density at radius 1 is 1.41 bits per heavy atom. The smallest absolute Gasteiger partial charge is 0.151 e. The van der Waals surface area contributed by atoms with E-state index >= 15 is 0 Å². The zero-order chi connectivity index (χ0) is 12.3. The molecule has 0 unspecified atom stereocenters. The van der Waals surface area contributed by atoms with Crippen LogP contribution in [0.15, 0.2) is 40.1 Å². The maximum Gasteiger partial charge on any atom is 0.151 e. The van der Waals surface area contributed by atoms with Gasteiger partial charge in [0.1, 0.15) is 0 Å². The standard InChI is InChI=1S/C12H11NO2S2/c1-8-7-16-12(13-8)17-10(11(14)15)9-5-3-2-4-6-9/h2-7,10H,1H3,(H,14,15)/p-1/t10-/m0/s1. The van der Waals surface area contributed by atoms with E-state index in [4.69, 9.17) is 0 Å². The quantitative estimate of drug-likeness (QED) is 0.793. The minimum absolute atomic E-state index is 0.707. The summed E-state index contributed by atoms with van der Waals surface area (Å²) in [5, 5.41) is 12.4. The molecule has 0 fully saturated rings. The van der Waals surface area contributed by atoms with E-state index in [1.165, 1.54) is 23.1 Å². The van der Waals surface area contributed by atoms with Gasteiger partial charge in [-0.2, -0.15) is 0 Å². The SMILES string of the molecule is Cc1csc(S[C@H](C(=O)[O-])c2ccccc2)n1. The van der Waals surface area contributed by atoms with Crippen LogP contribution in [-0.2, 0) is 4.79 Å². The van der Waals surface area contributed by atoms with Crippen LogP contribution in [0.5, 0.6) is 0 Å². The molecule has 17 heavy (non-hydrogen) atoms. The first-order chi connectivity index (χ1) is 8.16. The third kappa shape index (κ3) is 3.08. The zero-order valence-corrected chi connectivity index (χ0v) is 10.8. The van der Waals surface area contributed by atoms with Crippen molar-refractivity contribution in [3.05, 3.63) is 47.0 Å². The Hall–Kier alpha value is -1.33. The number of hydrogen-bond donors (Lipinski definition) is 0. The molecule has 1 atom stereocenters. The maximum atomic E-state index is 11.2. The highest BCUT2D eigenvalue weighted by atomic mass is 32.2. The summed E-state index contributed by atoms with van der Waals surface area (Å²) in [5.74, 6) is -1.09. The number of benzene rings is 1. The van der Waals surface area contributed by atoms with Crippen molar-refractivity contribution in [1.82, 2.24) is 4.98 Å². The van der Waals surface area contributed by atoms with Crippen LogP contribution in [0, 0.1) is 6.92 Å². The fourth-order valence-corrected chi connectivity index (χ4v) is 3.33. The van der Waals surface area contributed by atoms with Gasteiger partial charge in [-0.05, 0) is 12.5 Å². The first-order valence-electron chi connectivity index (χ1n) is 5.01. The van der Waals surface area contributed by atoms with E-state index in [0.29, 0.717) is 0 Å². The van der Waals surface area contributed by atoms with Crippen molar-refractivity contribution in [2.24, 2.45) is 0 Å². The van der Waals surface area contributed by atoms with Crippen LogP contribution >= 0.6 is 23.1 Å². The lowest BCUT2D eigenvalue weighted by molar-refractivity contribution is -0.305. The molecule has 0 saturated carbocycles. The number of carbonyl (C=O) groups is 1. The molecule has 1 aromatic heterocycles. The number of thiazole rings is 1. The van der Waals surface area contributed by atoms with Crippen LogP contribution in [0.2, 0.25) is 0 Å². The van der Waals surface area contributed by atoms with Gasteiger partial charge in [-0.1, -0.05) is 42.1 Å². The topological polar surface area (TPSA) is 53.0 Å². The predicted molar refractivity (Wildman–Crippen MR) is 66.9 cm³/mol. The summed E-state index contributed by atoms with van der Waals surface area (Å²) >= 11 is 2.67. The molecule has 3 nitrogen and oxygen atoms in total. The van der Waals surface area contributed by atoms with E-state index in [1.807, 2.05) is 30.5 Å². The molecule has 1 aromatic carbocycles. The van der Waals surface area contributed by atoms with E-state index in [1.54, 1.807) is 12.1 Å². The molecule has 0 bridgehead atoms. The molecule has 0 radical (unpaired) electrons. The number of rotatable bonds is 4. The van der Waals surface area contributed by atoms with Gasteiger partial charge in [-0.25, -0.2) is 4.98 Å². The Kier molecular flexibility index (Phi) is 3.81. The van der Waals surface area contributed by atoms with Gasteiger partial charge >= 0.3 is 0 Å². The van der Waals surface area contributed by atoms with Gasteiger partial charge in [0.15, 0.2) is 4.34 Å². The number of nitrogens with zero attached hydrogens (tertiary/aromatic N) is 1. The largest absolute Gasteiger partial charge is 0.549 e. The van der Waals surface area contributed by atoms with Crippen molar-refractivity contribution in [1.29, 1.82) is 0 Å². The molecule has 0 N–H and O–H groups in total. The summed E-state index contributed by atoms with van der Waals surface area (Å²) in [6.45, 7) is 1.89. The Labute approximate surface area is 108 Å². The van der Waals surface area contributed by atoms with Crippen LogP contribution in [0.3, 0.4) is 0 Å². The van der Waals surface area contributed by atoms with Gasteiger partial charge in [-0.3, -0.25) is 0 Å². The molecule has 0 aliphatic heterocycles. The third-order valence-electron chi connectivity index (χ3n) is 2.13. The fraction of sp³-hybridized carbons (Fsp3) is 0.167. The number of carboxylic acid groups (broad SMARTS) is 1. The van der Waals surface area contributed by atoms with Crippen molar-refractivity contribution >= 4 is 29.1 Å². The van der Waals surface area contributed by atoms with Crippen molar-refractivity contribution in [3.63, 3.8) is 0 Å². The average Bonchev–Trinajstić information content (AvgIpc) is 2.73. The number of carboxylic acids is 1. The van der Waals surface area contributed by atoms with Crippen molar-refractivity contribution in [2.75, 3.05) is 0 Å². The number of carbonyl (C=O) groups excluding carboxylic acids is 1. The summed E-state index contributed by atoms with van der Waals surface area (Å²) in [6, 6.07) is 9.06. The van der Waals surface area contributed by atoms with Crippen LogP contribution in [0.25, 0.3) is 0 Å². The summed E-state index contributed by atoms with van der Waals surface area (Å²) < 4.78 is 0.751. The number of hydrogen-bond acceptors (Lipinski definition) is 5. The van der Waals surface area contributed by atoms with E-state index < -0.39 is 11.2 Å². The van der Waals surface area contributed by atoms with E-state index in [0.717, 1.165) is 15.6 Å². The molecule has 2 rings (SSSR count). The molecule has 0 aliphatic rings. The van der Waals surface area contributed by atoms with E-state index in [2.05, 4.69) is 4.98 Å². The molecular formula is C12H10NO2S2-. The van der Waals surface area contributed by atoms with Gasteiger partial charge < -0.3 is 9.90 Å².